The molecule has 124 valence electrons. The van der Waals surface area contributed by atoms with Crippen LogP contribution < -0.4 is 5.32 Å². The van der Waals surface area contributed by atoms with Gasteiger partial charge in [0.25, 0.3) is 5.91 Å². The van der Waals surface area contributed by atoms with Crippen molar-refractivity contribution in [2.45, 2.75) is 25.4 Å². The molecule has 0 saturated carbocycles. The Hall–Kier alpha value is -2.15. The standard InChI is InChI=1S/C16H22N4O3/c1-11-12(4-3-6-17-11)15(21)19-7-5-14-13(10-19)18-16(22)20(14)8-9-23-2/h3-4,6,13-14H,5,7-10H2,1-2H3,(H,18,22)/t13-,14+/m1/s1. The summed E-state index contributed by atoms with van der Waals surface area (Å²) in [5.41, 5.74) is 1.36. The molecule has 1 N–H and O–H groups in total. The molecular weight excluding hydrogens is 296 g/mol. The predicted molar refractivity (Wildman–Crippen MR) is 84.2 cm³/mol. The minimum atomic E-state index is -0.0658. The van der Waals surface area contributed by atoms with Crippen LogP contribution in [0.3, 0.4) is 0 Å². The lowest BCUT2D eigenvalue weighted by molar-refractivity contribution is 0.0641. The van der Waals surface area contributed by atoms with Crippen molar-refractivity contribution in [3.05, 3.63) is 29.6 Å². The van der Waals surface area contributed by atoms with Gasteiger partial charge in [0.1, 0.15) is 0 Å². The minimum absolute atomic E-state index is 0.0151. The Bertz CT molecular complexity index is 607. The summed E-state index contributed by atoms with van der Waals surface area (Å²) in [6.07, 6.45) is 2.46. The number of amides is 3. The molecule has 0 aromatic carbocycles. The summed E-state index contributed by atoms with van der Waals surface area (Å²) in [4.78, 5) is 32.6. The molecule has 1 aromatic rings. The van der Waals surface area contributed by atoms with Crippen LogP contribution in [0.5, 0.6) is 0 Å². The van der Waals surface area contributed by atoms with Gasteiger partial charge in [-0.15, -0.1) is 0 Å². The van der Waals surface area contributed by atoms with E-state index < -0.39 is 0 Å². The number of methoxy groups -OCH3 is 1. The summed E-state index contributed by atoms with van der Waals surface area (Å²) >= 11 is 0. The Morgan fingerprint density at radius 1 is 1.52 bits per heavy atom. The number of piperidine rings is 1. The van der Waals surface area contributed by atoms with Crippen LogP contribution in [0.25, 0.3) is 0 Å². The van der Waals surface area contributed by atoms with Crippen molar-refractivity contribution in [2.75, 3.05) is 33.4 Å². The quantitative estimate of drug-likeness (QED) is 0.884. The number of carbonyl (C=O) groups excluding carboxylic acids is 2. The number of aromatic nitrogens is 1. The van der Waals surface area contributed by atoms with E-state index in [0.29, 0.717) is 31.8 Å². The number of aryl methyl sites for hydroxylation is 1. The van der Waals surface area contributed by atoms with Crippen molar-refractivity contribution in [3.63, 3.8) is 0 Å². The number of urea groups is 1. The highest BCUT2D eigenvalue weighted by Crippen LogP contribution is 2.24. The third kappa shape index (κ3) is 3.01. The summed E-state index contributed by atoms with van der Waals surface area (Å²) in [6.45, 7) is 4.12. The molecule has 2 aliphatic rings. The second kappa shape index (κ2) is 6.54. The summed E-state index contributed by atoms with van der Waals surface area (Å²) in [6, 6.07) is 3.63. The molecule has 3 amide bonds. The highest BCUT2D eigenvalue weighted by atomic mass is 16.5. The Labute approximate surface area is 135 Å². The van der Waals surface area contributed by atoms with Crippen LogP contribution in [-0.4, -0.2) is 72.2 Å². The fourth-order valence-electron chi connectivity index (χ4n) is 3.37. The second-order valence-corrected chi connectivity index (χ2v) is 5.99. The normalized spacial score (nSPS) is 23.7. The van der Waals surface area contributed by atoms with Gasteiger partial charge in [0.05, 0.1) is 24.3 Å². The van der Waals surface area contributed by atoms with Gasteiger partial charge in [-0.3, -0.25) is 9.78 Å². The van der Waals surface area contributed by atoms with Crippen molar-refractivity contribution >= 4 is 11.9 Å². The molecule has 0 aliphatic carbocycles. The Morgan fingerprint density at radius 2 is 2.35 bits per heavy atom. The van der Waals surface area contributed by atoms with Gasteiger partial charge in [0, 0.05) is 38.6 Å². The number of carbonyl (C=O) groups is 2. The maximum atomic E-state index is 12.7. The summed E-state index contributed by atoms with van der Waals surface area (Å²) < 4.78 is 5.07. The number of fused-ring (bicyclic) bond motifs is 1. The van der Waals surface area contributed by atoms with Crippen LogP contribution in [0.1, 0.15) is 22.5 Å². The van der Waals surface area contributed by atoms with Gasteiger partial charge >= 0.3 is 6.03 Å². The Balaban J connectivity index is 1.68. The molecule has 2 atom stereocenters. The maximum Gasteiger partial charge on any atom is 0.318 e. The van der Waals surface area contributed by atoms with E-state index in [0.717, 1.165) is 12.1 Å². The third-order valence-electron chi connectivity index (χ3n) is 4.61. The summed E-state index contributed by atoms with van der Waals surface area (Å²) in [5, 5.41) is 2.99. The second-order valence-electron chi connectivity index (χ2n) is 5.99. The van der Waals surface area contributed by atoms with E-state index in [1.807, 2.05) is 16.7 Å². The number of pyridine rings is 1. The lowest BCUT2D eigenvalue weighted by atomic mass is 9.99. The molecule has 7 nitrogen and oxygen atoms in total. The van der Waals surface area contributed by atoms with Crippen molar-refractivity contribution in [1.29, 1.82) is 0 Å². The minimum Gasteiger partial charge on any atom is -0.383 e. The highest BCUT2D eigenvalue weighted by molar-refractivity contribution is 5.95. The zero-order valence-electron chi connectivity index (χ0n) is 13.5. The number of rotatable bonds is 4. The largest absolute Gasteiger partial charge is 0.383 e. The van der Waals surface area contributed by atoms with E-state index in [-0.39, 0.29) is 24.0 Å². The smallest absolute Gasteiger partial charge is 0.318 e. The average molecular weight is 318 g/mol. The van der Waals surface area contributed by atoms with Crippen molar-refractivity contribution < 1.29 is 14.3 Å². The monoisotopic (exact) mass is 318 g/mol. The molecule has 3 heterocycles. The van der Waals surface area contributed by atoms with Crippen LogP contribution in [0, 0.1) is 6.92 Å². The van der Waals surface area contributed by atoms with Gasteiger partial charge < -0.3 is 19.9 Å². The van der Waals surface area contributed by atoms with Crippen molar-refractivity contribution in [3.8, 4) is 0 Å². The summed E-state index contributed by atoms with van der Waals surface area (Å²) in [7, 11) is 1.63. The fourth-order valence-corrected chi connectivity index (χ4v) is 3.37. The molecule has 2 saturated heterocycles. The van der Waals surface area contributed by atoms with Gasteiger partial charge in [0.2, 0.25) is 0 Å². The highest BCUT2D eigenvalue weighted by Gasteiger charge is 2.43. The SMILES string of the molecule is COCCN1C(=O)N[C@@H]2CN(C(=O)c3cccnc3C)CC[C@@H]21. The van der Waals surface area contributed by atoms with Crippen LogP contribution >= 0.6 is 0 Å². The molecule has 0 bridgehead atoms. The molecule has 0 radical (unpaired) electrons. The van der Waals surface area contributed by atoms with Crippen LogP contribution in [-0.2, 0) is 4.74 Å². The van der Waals surface area contributed by atoms with Gasteiger partial charge in [0.15, 0.2) is 0 Å². The molecular formula is C16H22N4O3. The molecule has 0 unspecified atom stereocenters. The zero-order chi connectivity index (χ0) is 16.4. The summed E-state index contributed by atoms with van der Waals surface area (Å²) in [5.74, 6) is -0.0151. The lowest BCUT2D eigenvalue weighted by Crippen LogP contribution is -2.53. The van der Waals surface area contributed by atoms with E-state index in [2.05, 4.69) is 10.3 Å². The number of likely N-dealkylation sites (tertiary alicyclic amines) is 1. The Kier molecular flexibility index (Phi) is 4.47. The van der Waals surface area contributed by atoms with E-state index in [1.165, 1.54) is 0 Å². The van der Waals surface area contributed by atoms with E-state index in [4.69, 9.17) is 4.74 Å². The number of hydrogen-bond acceptors (Lipinski definition) is 4. The lowest BCUT2D eigenvalue weighted by Gasteiger charge is -2.36. The van der Waals surface area contributed by atoms with E-state index in [9.17, 15) is 9.59 Å². The molecule has 2 fully saturated rings. The molecule has 23 heavy (non-hydrogen) atoms. The first-order valence-corrected chi connectivity index (χ1v) is 7.88. The molecule has 0 spiro atoms. The van der Waals surface area contributed by atoms with Crippen LogP contribution in [0.4, 0.5) is 4.79 Å². The fraction of sp³-hybridized carbons (Fsp3) is 0.562. The first-order chi connectivity index (χ1) is 11.1. The molecule has 1 aromatic heterocycles. The number of nitrogens with zero attached hydrogens (tertiary/aromatic N) is 3. The van der Waals surface area contributed by atoms with Gasteiger partial charge in [-0.25, -0.2) is 4.79 Å². The van der Waals surface area contributed by atoms with E-state index >= 15 is 0 Å². The first kappa shape index (κ1) is 15.7. The van der Waals surface area contributed by atoms with Crippen molar-refractivity contribution in [1.82, 2.24) is 20.1 Å². The topological polar surface area (TPSA) is 74.8 Å². The van der Waals surface area contributed by atoms with Gasteiger partial charge in [-0.1, -0.05) is 0 Å². The van der Waals surface area contributed by atoms with Gasteiger partial charge in [-0.2, -0.15) is 0 Å². The molecule has 2 aliphatic heterocycles. The van der Waals surface area contributed by atoms with Crippen LogP contribution in [0.2, 0.25) is 0 Å². The molecule has 3 rings (SSSR count). The number of hydrogen-bond donors (Lipinski definition) is 1. The predicted octanol–water partition coefficient (Wildman–Crippen LogP) is 0.645. The average Bonchev–Trinajstić information content (AvgIpc) is 2.87. The van der Waals surface area contributed by atoms with E-state index in [1.54, 1.807) is 25.4 Å². The maximum absolute atomic E-state index is 12.7. The number of nitrogens with one attached hydrogen (secondary N) is 1. The zero-order valence-corrected chi connectivity index (χ0v) is 13.5. The third-order valence-corrected chi connectivity index (χ3v) is 4.61. The molecule has 7 heteroatoms. The first-order valence-electron chi connectivity index (χ1n) is 7.88. The van der Waals surface area contributed by atoms with Crippen LogP contribution in [0.15, 0.2) is 18.3 Å². The Morgan fingerprint density at radius 3 is 3.09 bits per heavy atom. The van der Waals surface area contributed by atoms with Gasteiger partial charge in [-0.05, 0) is 25.5 Å². The number of ether oxygens (including phenoxy) is 1. The van der Waals surface area contributed by atoms with Crippen molar-refractivity contribution in [2.24, 2.45) is 0 Å².